The first-order chi connectivity index (χ1) is 12.5. The number of amides is 2. The Labute approximate surface area is 165 Å². The van der Waals surface area contributed by atoms with E-state index in [1.54, 1.807) is 11.0 Å². The van der Waals surface area contributed by atoms with Crippen molar-refractivity contribution in [2.45, 2.75) is 54.4 Å². The summed E-state index contributed by atoms with van der Waals surface area (Å²) in [5, 5.41) is 2.97. The molecule has 0 spiro atoms. The molecule has 0 fully saturated rings. The molecule has 0 aliphatic heterocycles. The van der Waals surface area contributed by atoms with Crippen molar-refractivity contribution in [1.29, 1.82) is 0 Å². The number of carbonyl (C=O) groups excluding carboxylic acids is 2. The van der Waals surface area contributed by atoms with Gasteiger partial charge >= 0.3 is 0 Å². The number of nitrogens with one attached hydrogen (secondary N) is 1. The molecular weight excluding hydrogens is 338 g/mol. The summed E-state index contributed by atoms with van der Waals surface area (Å²) in [6, 6.07) is 5.55. The van der Waals surface area contributed by atoms with Gasteiger partial charge in [-0.1, -0.05) is 27.7 Å². The molecule has 0 radical (unpaired) electrons. The molecule has 5 nitrogen and oxygen atoms in total. The van der Waals surface area contributed by atoms with Gasteiger partial charge in [0.05, 0.1) is 5.56 Å². The van der Waals surface area contributed by atoms with Crippen LogP contribution in [-0.2, 0) is 4.79 Å². The zero-order valence-electron chi connectivity index (χ0n) is 18.3. The fourth-order valence-corrected chi connectivity index (χ4v) is 3.50. The Morgan fingerprint density at radius 1 is 1.11 bits per heavy atom. The van der Waals surface area contributed by atoms with Gasteiger partial charge in [0.25, 0.3) is 5.91 Å². The molecular formula is C22H37N3O2. The lowest BCUT2D eigenvalue weighted by Crippen LogP contribution is -2.31. The largest absolute Gasteiger partial charge is 0.377 e. The van der Waals surface area contributed by atoms with Crippen LogP contribution in [0.1, 0.15) is 64.7 Å². The van der Waals surface area contributed by atoms with Crippen LogP contribution >= 0.6 is 0 Å². The second-order valence-electron chi connectivity index (χ2n) is 8.73. The summed E-state index contributed by atoms with van der Waals surface area (Å²) in [5.41, 5.74) is 2.34. The molecule has 0 aliphatic rings. The third-order valence-electron chi connectivity index (χ3n) is 4.54. The number of anilines is 2. The van der Waals surface area contributed by atoms with Gasteiger partial charge in [-0.25, -0.2) is 0 Å². The normalized spacial score (nSPS) is 12.4. The van der Waals surface area contributed by atoms with Crippen molar-refractivity contribution in [3.05, 3.63) is 23.8 Å². The minimum absolute atomic E-state index is 0.00871. The summed E-state index contributed by atoms with van der Waals surface area (Å²) in [4.78, 5) is 29.0. The number of hydrogen-bond acceptors (Lipinski definition) is 3. The van der Waals surface area contributed by atoms with E-state index in [0.29, 0.717) is 36.7 Å². The molecule has 0 saturated heterocycles. The lowest BCUT2D eigenvalue weighted by Gasteiger charge is -2.24. The minimum atomic E-state index is -0.0131. The van der Waals surface area contributed by atoms with E-state index < -0.39 is 0 Å². The quantitative estimate of drug-likeness (QED) is 0.720. The zero-order chi connectivity index (χ0) is 20.8. The molecule has 0 bridgehead atoms. The highest BCUT2D eigenvalue weighted by Gasteiger charge is 2.20. The van der Waals surface area contributed by atoms with Gasteiger partial charge in [0.2, 0.25) is 5.91 Å². The smallest absolute Gasteiger partial charge is 0.256 e. The third-order valence-corrected chi connectivity index (χ3v) is 4.54. The van der Waals surface area contributed by atoms with E-state index >= 15 is 0 Å². The molecule has 0 aliphatic carbocycles. The number of hydrogen-bond donors (Lipinski definition) is 1. The van der Waals surface area contributed by atoms with E-state index in [0.717, 1.165) is 12.1 Å². The predicted molar refractivity (Wildman–Crippen MR) is 115 cm³/mol. The first-order valence-corrected chi connectivity index (χ1v) is 9.89. The van der Waals surface area contributed by atoms with Crippen LogP contribution < -0.4 is 10.2 Å². The van der Waals surface area contributed by atoms with Crippen LogP contribution in [0.2, 0.25) is 0 Å². The molecule has 152 valence electrons. The predicted octanol–water partition coefficient (Wildman–Crippen LogP) is 4.64. The van der Waals surface area contributed by atoms with Gasteiger partial charge in [-0.2, -0.15) is 0 Å². The van der Waals surface area contributed by atoms with E-state index in [1.165, 1.54) is 0 Å². The third kappa shape index (κ3) is 7.24. The molecule has 1 rings (SSSR count). The van der Waals surface area contributed by atoms with Crippen LogP contribution in [0.15, 0.2) is 18.2 Å². The van der Waals surface area contributed by atoms with Crippen LogP contribution in [0.3, 0.4) is 0 Å². The highest BCUT2D eigenvalue weighted by Crippen LogP contribution is 2.27. The monoisotopic (exact) mass is 375 g/mol. The van der Waals surface area contributed by atoms with Crippen molar-refractivity contribution >= 4 is 23.2 Å². The van der Waals surface area contributed by atoms with E-state index in [-0.39, 0.29) is 17.2 Å². The molecule has 1 aromatic rings. The van der Waals surface area contributed by atoms with E-state index in [9.17, 15) is 9.59 Å². The summed E-state index contributed by atoms with van der Waals surface area (Å²) in [6.07, 6.45) is 1.47. The Hall–Kier alpha value is -2.04. The minimum Gasteiger partial charge on any atom is -0.377 e. The highest BCUT2D eigenvalue weighted by molar-refractivity contribution is 6.02. The summed E-state index contributed by atoms with van der Waals surface area (Å²) >= 11 is 0. The second kappa shape index (κ2) is 9.77. The van der Waals surface area contributed by atoms with Crippen LogP contribution in [0.4, 0.5) is 11.4 Å². The topological polar surface area (TPSA) is 52.7 Å². The van der Waals surface area contributed by atoms with Gasteiger partial charge in [-0.05, 0) is 49.8 Å². The average molecular weight is 376 g/mol. The zero-order valence-corrected chi connectivity index (χ0v) is 18.3. The van der Waals surface area contributed by atoms with E-state index in [4.69, 9.17) is 0 Å². The highest BCUT2D eigenvalue weighted by atomic mass is 16.2. The Bertz CT molecular complexity index is 643. The lowest BCUT2D eigenvalue weighted by atomic mass is 9.84. The maximum absolute atomic E-state index is 12.9. The first-order valence-electron chi connectivity index (χ1n) is 9.89. The average Bonchev–Trinajstić information content (AvgIpc) is 2.53. The summed E-state index contributed by atoms with van der Waals surface area (Å²) < 4.78 is 0. The van der Waals surface area contributed by atoms with Crippen molar-refractivity contribution in [1.82, 2.24) is 4.90 Å². The molecule has 0 heterocycles. The van der Waals surface area contributed by atoms with E-state index in [2.05, 4.69) is 33.0 Å². The van der Waals surface area contributed by atoms with E-state index in [1.807, 2.05) is 45.0 Å². The molecule has 2 amide bonds. The second-order valence-corrected chi connectivity index (χ2v) is 8.73. The van der Waals surface area contributed by atoms with Crippen LogP contribution in [-0.4, -0.2) is 43.9 Å². The van der Waals surface area contributed by atoms with Crippen LogP contribution in [0.5, 0.6) is 0 Å². The molecule has 1 aromatic carbocycles. The summed E-state index contributed by atoms with van der Waals surface area (Å²) in [5.74, 6) is 0.286. The van der Waals surface area contributed by atoms with Gasteiger partial charge in [0.1, 0.15) is 0 Å². The Balaban J connectivity index is 2.98. The van der Waals surface area contributed by atoms with Crippen molar-refractivity contribution in [2.75, 3.05) is 37.4 Å². The van der Waals surface area contributed by atoms with Crippen molar-refractivity contribution in [3.8, 4) is 0 Å². The van der Waals surface area contributed by atoms with Gasteiger partial charge in [-0.3, -0.25) is 9.59 Å². The number of benzene rings is 1. The van der Waals surface area contributed by atoms with Crippen molar-refractivity contribution in [3.63, 3.8) is 0 Å². The van der Waals surface area contributed by atoms with Gasteiger partial charge in [-0.15, -0.1) is 0 Å². The molecule has 0 aromatic heterocycles. The Kier molecular flexibility index (Phi) is 8.32. The fourth-order valence-electron chi connectivity index (χ4n) is 3.50. The van der Waals surface area contributed by atoms with Crippen LogP contribution in [0, 0.1) is 11.3 Å². The van der Waals surface area contributed by atoms with Gasteiger partial charge in [0.15, 0.2) is 0 Å². The molecule has 5 heteroatoms. The molecule has 0 unspecified atom stereocenters. The Morgan fingerprint density at radius 2 is 1.70 bits per heavy atom. The van der Waals surface area contributed by atoms with Crippen molar-refractivity contribution < 1.29 is 9.59 Å². The molecule has 27 heavy (non-hydrogen) atoms. The summed E-state index contributed by atoms with van der Waals surface area (Å²) in [7, 11) is 3.83. The van der Waals surface area contributed by atoms with Gasteiger partial charge in [0, 0.05) is 45.0 Å². The fraction of sp³-hybridized carbons (Fsp3) is 0.636. The molecule has 1 atom stereocenters. The van der Waals surface area contributed by atoms with Gasteiger partial charge < -0.3 is 15.1 Å². The molecule has 1 N–H and O–H groups in total. The standard InChI is InChI=1S/C22H37N3O2/c1-9-25(10-2)21(27)18-14-17(11-12-19(18)24(7)8)23-20(26)13-16(3)15-22(4,5)6/h11-12,14,16H,9-10,13,15H2,1-8H3,(H,23,26)/t16-/m1/s1. The maximum Gasteiger partial charge on any atom is 0.256 e. The van der Waals surface area contributed by atoms with Crippen LogP contribution in [0.25, 0.3) is 0 Å². The maximum atomic E-state index is 12.9. The molecule has 0 saturated carbocycles. The van der Waals surface area contributed by atoms with Crippen molar-refractivity contribution in [2.24, 2.45) is 11.3 Å². The number of nitrogens with zero attached hydrogens (tertiary/aromatic N) is 2. The first kappa shape index (κ1) is 23.0. The number of carbonyl (C=O) groups is 2. The lowest BCUT2D eigenvalue weighted by molar-refractivity contribution is -0.117. The number of rotatable bonds is 8. The summed E-state index contributed by atoms with van der Waals surface area (Å²) in [6.45, 7) is 13.9. The SMILES string of the molecule is CCN(CC)C(=O)c1cc(NC(=O)C[C@@H](C)CC(C)(C)C)ccc1N(C)C. The Morgan fingerprint density at radius 3 is 2.19 bits per heavy atom.